The molecule has 0 spiro atoms. The summed E-state index contributed by atoms with van der Waals surface area (Å²) in [5, 5.41) is 0. The number of hydrogen-bond donors (Lipinski definition) is 0. The average Bonchev–Trinajstić information content (AvgIpc) is 3.38. The van der Waals surface area contributed by atoms with Gasteiger partial charge in [0, 0.05) is 25.0 Å². The van der Waals surface area contributed by atoms with Crippen molar-refractivity contribution in [2.24, 2.45) is 0 Å². The lowest BCUT2D eigenvalue weighted by atomic mass is 9.93. The van der Waals surface area contributed by atoms with Crippen molar-refractivity contribution >= 4 is 5.91 Å². The van der Waals surface area contributed by atoms with E-state index < -0.39 is 0 Å². The molecule has 1 saturated carbocycles. The molecule has 4 heteroatoms. The summed E-state index contributed by atoms with van der Waals surface area (Å²) >= 11 is 0. The fourth-order valence-corrected chi connectivity index (χ4v) is 4.22. The third-order valence-corrected chi connectivity index (χ3v) is 5.96. The zero-order valence-corrected chi connectivity index (χ0v) is 15.4. The molecule has 1 saturated heterocycles. The van der Waals surface area contributed by atoms with Crippen molar-refractivity contribution in [2.75, 3.05) is 13.7 Å². The monoisotopic (exact) mass is 350 g/mol. The van der Waals surface area contributed by atoms with Crippen LogP contribution >= 0.6 is 0 Å². The fourth-order valence-electron chi connectivity index (χ4n) is 4.22. The van der Waals surface area contributed by atoms with Crippen LogP contribution in [0.5, 0.6) is 5.75 Å². The number of carbonyl (C=O) groups is 1. The minimum Gasteiger partial charge on any atom is -0.497 e. The number of pyridine rings is 1. The number of likely N-dealkylation sites (tertiary alicyclic amines) is 1. The Morgan fingerprint density at radius 2 is 1.92 bits per heavy atom. The second-order valence-corrected chi connectivity index (χ2v) is 7.50. The second kappa shape index (κ2) is 7.10. The van der Waals surface area contributed by atoms with Crippen LogP contribution in [0.3, 0.4) is 0 Å². The van der Waals surface area contributed by atoms with Gasteiger partial charge in [-0.15, -0.1) is 0 Å². The largest absolute Gasteiger partial charge is 0.497 e. The summed E-state index contributed by atoms with van der Waals surface area (Å²) in [6.45, 7) is 0.901. The zero-order chi connectivity index (χ0) is 18.0. The van der Waals surface area contributed by atoms with Gasteiger partial charge in [0.1, 0.15) is 5.75 Å². The van der Waals surface area contributed by atoms with Crippen molar-refractivity contribution in [1.29, 1.82) is 0 Å². The van der Waals surface area contributed by atoms with Gasteiger partial charge in [0.25, 0.3) is 0 Å². The third kappa shape index (κ3) is 3.20. The fraction of sp³-hybridized carbons (Fsp3) is 0.455. The van der Waals surface area contributed by atoms with Gasteiger partial charge in [0.2, 0.25) is 5.91 Å². The van der Waals surface area contributed by atoms with E-state index >= 15 is 0 Å². The van der Waals surface area contributed by atoms with Crippen molar-refractivity contribution in [2.45, 2.75) is 50.0 Å². The van der Waals surface area contributed by atoms with Gasteiger partial charge in [-0.25, -0.2) is 0 Å². The number of hydrogen-bond acceptors (Lipinski definition) is 3. The minimum absolute atomic E-state index is 0.286. The van der Waals surface area contributed by atoms with Crippen molar-refractivity contribution in [3.8, 4) is 5.75 Å². The van der Waals surface area contributed by atoms with Crippen LogP contribution in [0.25, 0.3) is 0 Å². The highest BCUT2D eigenvalue weighted by atomic mass is 16.5. The Hall–Kier alpha value is -2.36. The van der Waals surface area contributed by atoms with E-state index in [1.54, 1.807) is 7.11 Å². The molecule has 2 fully saturated rings. The van der Waals surface area contributed by atoms with Crippen molar-refractivity contribution in [3.05, 3.63) is 59.9 Å². The molecule has 1 aromatic heterocycles. The van der Waals surface area contributed by atoms with E-state index in [1.807, 2.05) is 24.5 Å². The molecule has 4 rings (SSSR count). The molecule has 1 amide bonds. The SMILES string of the molecule is COc1ccc(C2(C(=O)N3CCCC3CCc3ccncc3)CC2)cc1. The van der Waals surface area contributed by atoms with Crippen LogP contribution in [0.1, 0.15) is 43.2 Å². The topological polar surface area (TPSA) is 42.4 Å². The van der Waals surface area contributed by atoms with Crippen molar-refractivity contribution in [1.82, 2.24) is 9.88 Å². The number of aryl methyl sites for hydroxylation is 1. The van der Waals surface area contributed by atoms with Crippen LogP contribution < -0.4 is 4.74 Å². The first-order valence-corrected chi connectivity index (χ1v) is 9.57. The molecule has 2 aliphatic rings. The molecule has 0 N–H and O–H groups in total. The molecule has 1 aromatic carbocycles. The standard InChI is InChI=1S/C22H26N2O2/c1-26-20-8-5-18(6-9-20)22(12-13-22)21(25)24-16-2-3-19(24)7-4-17-10-14-23-15-11-17/h5-6,8-11,14-15,19H,2-4,7,12-13,16H2,1H3. The molecule has 0 bridgehead atoms. The Morgan fingerprint density at radius 1 is 1.19 bits per heavy atom. The van der Waals surface area contributed by atoms with Gasteiger partial charge in [0.15, 0.2) is 0 Å². The smallest absolute Gasteiger partial charge is 0.233 e. The quantitative estimate of drug-likeness (QED) is 0.797. The maximum absolute atomic E-state index is 13.4. The maximum atomic E-state index is 13.4. The number of nitrogens with zero attached hydrogens (tertiary/aromatic N) is 2. The van der Waals surface area contributed by atoms with Crippen molar-refractivity contribution in [3.63, 3.8) is 0 Å². The highest BCUT2D eigenvalue weighted by Gasteiger charge is 2.54. The molecular weight excluding hydrogens is 324 g/mol. The minimum atomic E-state index is -0.286. The number of amides is 1. The molecular formula is C22H26N2O2. The van der Waals surface area contributed by atoms with Crippen molar-refractivity contribution < 1.29 is 9.53 Å². The van der Waals surface area contributed by atoms with Crippen LogP contribution in [0.15, 0.2) is 48.8 Å². The lowest BCUT2D eigenvalue weighted by Gasteiger charge is -2.29. The van der Waals surface area contributed by atoms with Gasteiger partial charge in [-0.05, 0) is 73.9 Å². The van der Waals surface area contributed by atoms with Gasteiger partial charge >= 0.3 is 0 Å². The third-order valence-electron chi connectivity index (χ3n) is 5.96. The second-order valence-electron chi connectivity index (χ2n) is 7.50. The Kier molecular flexibility index (Phi) is 4.66. The Balaban J connectivity index is 1.45. The molecule has 1 aliphatic carbocycles. The summed E-state index contributed by atoms with van der Waals surface area (Å²) in [6.07, 6.45) is 9.89. The molecule has 136 valence electrons. The first kappa shape index (κ1) is 17.1. The van der Waals surface area contributed by atoms with E-state index in [-0.39, 0.29) is 5.41 Å². The Labute approximate surface area is 155 Å². The van der Waals surface area contributed by atoms with E-state index in [0.29, 0.717) is 11.9 Å². The van der Waals surface area contributed by atoms with Crippen LogP contribution in [-0.4, -0.2) is 35.5 Å². The predicted molar refractivity (Wildman–Crippen MR) is 101 cm³/mol. The molecule has 2 aromatic rings. The van der Waals surface area contributed by atoms with Crippen LogP contribution in [0.4, 0.5) is 0 Å². The number of methoxy groups -OCH3 is 1. The molecule has 4 nitrogen and oxygen atoms in total. The first-order valence-electron chi connectivity index (χ1n) is 9.57. The highest BCUT2D eigenvalue weighted by Crippen LogP contribution is 2.50. The Morgan fingerprint density at radius 3 is 2.58 bits per heavy atom. The predicted octanol–water partition coefficient (Wildman–Crippen LogP) is 3.75. The number of rotatable bonds is 6. The summed E-state index contributed by atoms with van der Waals surface area (Å²) < 4.78 is 5.25. The first-order chi connectivity index (χ1) is 12.7. The normalized spacial score (nSPS) is 20.8. The van der Waals surface area contributed by atoms with Crippen LogP contribution in [-0.2, 0) is 16.6 Å². The molecule has 26 heavy (non-hydrogen) atoms. The molecule has 0 radical (unpaired) electrons. The number of aromatic nitrogens is 1. The number of ether oxygens (including phenoxy) is 1. The highest BCUT2D eigenvalue weighted by molar-refractivity contribution is 5.91. The lowest BCUT2D eigenvalue weighted by molar-refractivity contribution is -0.134. The molecule has 2 heterocycles. The van der Waals surface area contributed by atoms with Gasteiger partial charge < -0.3 is 9.64 Å². The zero-order valence-electron chi connectivity index (χ0n) is 15.4. The summed E-state index contributed by atoms with van der Waals surface area (Å²) in [5.74, 6) is 1.17. The summed E-state index contributed by atoms with van der Waals surface area (Å²) in [4.78, 5) is 19.6. The molecule has 1 atom stereocenters. The van der Waals surface area contributed by atoms with E-state index in [4.69, 9.17) is 4.74 Å². The van der Waals surface area contributed by atoms with E-state index in [2.05, 4.69) is 34.1 Å². The van der Waals surface area contributed by atoms with Gasteiger partial charge in [-0.1, -0.05) is 12.1 Å². The number of benzene rings is 1. The average molecular weight is 350 g/mol. The summed E-state index contributed by atoms with van der Waals surface area (Å²) in [6, 6.07) is 12.6. The molecule has 1 unspecified atom stereocenters. The van der Waals surface area contributed by atoms with E-state index in [1.165, 1.54) is 5.56 Å². The van der Waals surface area contributed by atoms with Gasteiger partial charge in [-0.3, -0.25) is 9.78 Å². The summed E-state index contributed by atoms with van der Waals surface area (Å²) in [7, 11) is 1.67. The van der Waals surface area contributed by atoms with Gasteiger partial charge in [0.05, 0.1) is 12.5 Å². The summed E-state index contributed by atoms with van der Waals surface area (Å²) in [5.41, 5.74) is 2.16. The van der Waals surface area contributed by atoms with Gasteiger partial charge in [-0.2, -0.15) is 0 Å². The van der Waals surface area contributed by atoms with E-state index in [9.17, 15) is 4.79 Å². The molecule has 1 aliphatic heterocycles. The lowest BCUT2D eigenvalue weighted by Crippen LogP contribution is -2.42. The van der Waals surface area contributed by atoms with Crippen LogP contribution in [0, 0.1) is 0 Å². The van der Waals surface area contributed by atoms with Crippen LogP contribution in [0.2, 0.25) is 0 Å². The number of carbonyl (C=O) groups excluding carboxylic acids is 1. The van der Waals surface area contributed by atoms with E-state index in [0.717, 1.165) is 56.4 Å². The maximum Gasteiger partial charge on any atom is 0.233 e. The Bertz CT molecular complexity index is 753.